The zero-order chi connectivity index (χ0) is 14.0. The Kier molecular flexibility index (Phi) is 4.10. The Labute approximate surface area is 113 Å². The number of ether oxygens (including phenoxy) is 1. The first-order valence-electron chi connectivity index (χ1n) is 6.85. The quantitative estimate of drug-likeness (QED) is 0.719. The van der Waals surface area contributed by atoms with Gasteiger partial charge in [0.05, 0.1) is 11.5 Å². The number of nitrogens with two attached hydrogens (primary N) is 1. The summed E-state index contributed by atoms with van der Waals surface area (Å²) in [6, 6.07) is 0.152. The molecule has 0 aromatic rings. The van der Waals surface area contributed by atoms with E-state index in [0.717, 1.165) is 25.9 Å². The van der Waals surface area contributed by atoms with Crippen molar-refractivity contribution in [2.24, 2.45) is 11.7 Å². The first-order chi connectivity index (χ1) is 8.91. The monoisotopic (exact) mass is 269 g/mol. The average Bonchev–Trinajstić information content (AvgIpc) is 2.34. The molecule has 6 heteroatoms. The first-order valence-corrected chi connectivity index (χ1v) is 6.85. The number of carbonyl (C=O) groups excluding carboxylic acids is 2. The maximum atomic E-state index is 12.2. The molecule has 0 aromatic heterocycles. The lowest BCUT2D eigenvalue weighted by Crippen LogP contribution is -2.60. The van der Waals surface area contributed by atoms with Gasteiger partial charge in [-0.25, -0.2) is 0 Å². The van der Waals surface area contributed by atoms with Gasteiger partial charge in [0.1, 0.15) is 6.61 Å². The summed E-state index contributed by atoms with van der Waals surface area (Å²) < 4.78 is 5.65. The molecular formula is C13H23N3O3. The molecule has 2 aliphatic rings. The highest BCUT2D eigenvalue weighted by atomic mass is 16.5. The summed E-state index contributed by atoms with van der Waals surface area (Å²) in [5, 5.41) is 3.12. The van der Waals surface area contributed by atoms with E-state index in [2.05, 4.69) is 5.32 Å². The van der Waals surface area contributed by atoms with Crippen LogP contribution in [-0.2, 0) is 14.3 Å². The fourth-order valence-corrected chi connectivity index (χ4v) is 2.58. The van der Waals surface area contributed by atoms with Crippen molar-refractivity contribution in [3.05, 3.63) is 0 Å². The molecule has 19 heavy (non-hydrogen) atoms. The van der Waals surface area contributed by atoms with Crippen LogP contribution < -0.4 is 11.1 Å². The number of nitrogens with zero attached hydrogens (tertiary/aromatic N) is 1. The number of rotatable bonds is 4. The van der Waals surface area contributed by atoms with Crippen LogP contribution in [0.25, 0.3) is 0 Å². The maximum absolute atomic E-state index is 12.2. The number of primary amides is 1. The summed E-state index contributed by atoms with van der Waals surface area (Å²) in [6.45, 7) is 6.05. The molecule has 2 unspecified atom stereocenters. The molecule has 6 nitrogen and oxygen atoms in total. The fourth-order valence-electron chi connectivity index (χ4n) is 2.58. The average molecular weight is 269 g/mol. The highest BCUT2D eigenvalue weighted by molar-refractivity contribution is 5.81. The molecule has 2 saturated heterocycles. The number of piperidine rings is 1. The standard InChI is InChI=1S/C13H23N3O3/c1-9-3-4-10(12(14)18)5-16(9)11(17)6-19-13(2)7-15-8-13/h9-10,15H,3-8H2,1-2H3,(H2,14,18). The Morgan fingerprint density at radius 3 is 2.63 bits per heavy atom. The molecule has 0 spiro atoms. The van der Waals surface area contributed by atoms with Gasteiger partial charge in [-0.1, -0.05) is 0 Å². The van der Waals surface area contributed by atoms with Crippen LogP contribution in [0.1, 0.15) is 26.7 Å². The topological polar surface area (TPSA) is 84.7 Å². The maximum Gasteiger partial charge on any atom is 0.248 e. The van der Waals surface area contributed by atoms with E-state index in [1.54, 1.807) is 4.90 Å². The minimum absolute atomic E-state index is 0.0495. The van der Waals surface area contributed by atoms with E-state index in [-0.39, 0.29) is 36.0 Å². The van der Waals surface area contributed by atoms with Crippen LogP contribution in [0.5, 0.6) is 0 Å². The number of hydrogen-bond acceptors (Lipinski definition) is 4. The Hall–Kier alpha value is -1.14. The summed E-state index contributed by atoms with van der Waals surface area (Å²) in [4.78, 5) is 25.2. The van der Waals surface area contributed by atoms with Crippen LogP contribution in [0.4, 0.5) is 0 Å². The van der Waals surface area contributed by atoms with Gasteiger partial charge in [-0.2, -0.15) is 0 Å². The van der Waals surface area contributed by atoms with Gasteiger partial charge in [0.2, 0.25) is 11.8 Å². The second-order valence-corrected chi connectivity index (χ2v) is 5.91. The molecule has 2 heterocycles. The van der Waals surface area contributed by atoms with Crippen LogP contribution in [0.3, 0.4) is 0 Å². The van der Waals surface area contributed by atoms with Gasteiger partial charge in [-0.3, -0.25) is 9.59 Å². The molecule has 2 aliphatic heterocycles. The molecule has 2 rings (SSSR count). The van der Waals surface area contributed by atoms with E-state index < -0.39 is 0 Å². The van der Waals surface area contributed by atoms with Gasteiger partial charge in [-0.15, -0.1) is 0 Å². The molecule has 2 fully saturated rings. The predicted octanol–water partition coefficient (Wildman–Crippen LogP) is -0.523. The molecule has 108 valence electrons. The Morgan fingerprint density at radius 1 is 1.42 bits per heavy atom. The normalized spacial score (nSPS) is 29.7. The van der Waals surface area contributed by atoms with Crippen molar-refractivity contribution in [2.45, 2.75) is 38.3 Å². The molecule has 0 bridgehead atoms. The lowest BCUT2D eigenvalue weighted by atomic mass is 9.93. The van der Waals surface area contributed by atoms with Crippen LogP contribution >= 0.6 is 0 Å². The van der Waals surface area contributed by atoms with Crippen LogP contribution in [-0.4, -0.2) is 54.6 Å². The van der Waals surface area contributed by atoms with Crippen molar-refractivity contribution in [1.82, 2.24) is 10.2 Å². The lowest BCUT2D eigenvalue weighted by molar-refractivity contribution is -0.151. The van der Waals surface area contributed by atoms with Crippen molar-refractivity contribution < 1.29 is 14.3 Å². The minimum atomic E-state index is -0.319. The van der Waals surface area contributed by atoms with Gasteiger partial charge < -0.3 is 20.7 Å². The molecule has 3 N–H and O–H groups in total. The van der Waals surface area contributed by atoms with E-state index in [4.69, 9.17) is 10.5 Å². The fraction of sp³-hybridized carbons (Fsp3) is 0.846. The molecule has 0 saturated carbocycles. The van der Waals surface area contributed by atoms with E-state index in [0.29, 0.717) is 6.54 Å². The van der Waals surface area contributed by atoms with Gasteiger partial charge in [0, 0.05) is 25.7 Å². The highest BCUT2D eigenvalue weighted by Crippen LogP contribution is 2.22. The number of carbonyl (C=O) groups is 2. The molecule has 2 atom stereocenters. The highest BCUT2D eigenvalue weighted by Gasteiger charge is 2.35. The number of nitrogens with one attached hydrogen (secondary N) is 1. The number of likely N-dealkylation sites (tertiary alicyclic amines) is 1. The van der Waals surface area contributed by atoms with Gasteiger partial charge in [-0.05, 0) is 26.7 Å². The third kappa shape index (κ3) is 3.25. The van der Waals surface area contributed by atoms with Crippen LogP contribution in [0.15, 0.2) is 0 Å². The van der Waals surface area contributed by atoms with E-state index in [1.807, 2.05) is 13.8 Å². The number of hydrogen-bond donors (Lipinski definition) is 2. The summed E-state index contributed by atoms with van der Waals surface area (Å²) in [6.07, 6.45) is 1.58. The van der Waals surface area contributed by atoms with Crippen LogP contribution in [0, 0.1) is 5.92 Å². The summed E-state index contributed by atoms with van der Waals surface area (Å²) in [5.41, 5.74) is 5.11. The summed E-state index contributed by atoms with van der Waals surface area (Å²) in [7, 11) is 0. The Bertz CT molecular complexity index is 368. The van der Waals surface area contributed by atoms with Crippen molar-refractivity contribution in [3.8, 4) is 0 Å². The van der Waals surface area contributed by atoms with Gasteiger partial charge >= 0.3 is 0 Å². The largest absolute Gasteiger partial charge is 0.369 e. The third-order valence-corrected chi connectivity index (χ3v) is 4.15. The molecule has 0 aromatic carbocycles. The second kappa shape index (κ2) is 5.46. The summed E-state index contributed by atoms with van der Waals surface area (Å²) in [5.74, 6) is -0.589. The van der Waals surface area contributed by atoms with E-state index in [1.165, 1.54) is 0 Å². The zero-order valence-electron chi connectivity index (χ0n) is 11.6. The van der Waals surface area contributed by atoms with Crippen LogP contribution in [0.2, 0.25) is 0 Å². The molecule has 2 amide bonds. The van der Waals surface area contributed by atoms with Crippen molar-refractivity contribution >= 4 is 11.8 Å². The van der Waals surface area contributed by atoms with E-state index >= 15 is 0 Å². The van der Waals surface area contributed by atoms with Crippen molar-refractivity contribution in [3.63, 3.8) is 0 Å². The predicted molar refractivity (Wildman–Crippen MR) is 70.3 cm³/mol. The first kappa shape index (κ1) is 14.3. The third-order valence-electron chi connectivity index (χ3n) is 4.15. The zero-order valence-corrected chi connectivity index (χ0v) is 11.6. The minimum Gasteiger partial charge on any atom is -0.369 e. The SMILES string of the molecule is CC1CCC(C(N)=O)CN1C(=O)COC1(C)CNC1. The molecule has 0 radical (unpaired) electrons. The van der Waals surface area contributed by atoms with Crippen molar-refractivity contribution in [2.75, 3.05) is 26.2 Å². The Balaban J connectivity index is 1.87. The van der Waals surface area contributed by atoms with Crippen molar-refractivity contribution in [1.29, 1.82) is 0 Å². The smallest absolute Gasteiger partial charge is 0.248 e. The van der Waals surface area contributed by atoms with Gasteiger partial charge in [0.15, 0.2) is 0 Å². The molecule has 0 aliphatic carbocycles. The Morgan fingerprint density at radius 2 is 2.11 bits per heavy atom. The van der Waals surface area contributed by atoms with Gasteiger partial charge in [0.25, 0.3) is 0 Å². The molecular weight excluding hydrogens is 246 g/mol. The van der Waals surface area contributed by atoms with E-state index in [9.17, 15) is 9.59 Å². The number of amides is 2. The lowest BCUT2D eigenvalue weighted by Gasteiger charge is -2.41. The second-order valence-electron chi connectivity index (χ2n) is 5.91. The summed E-state index contributed by atoms with van der Waals surface area (Å²) >= 11 is 0.